The molecule has 0 bridgehead atoms. The number of aromatic nitrogens is 3. The molecule has 0 radical (unpaired) electrons. The van der Waals surface area contributed by atoms with Gasteiger partial charge >= 0.3 is 20.1 Å². The van der Waals surface area contributed by atoms with E-state index in [0.717, 1.165) is 131 Å². The molecular formula is C67H44IrN3O2. The van der Waals surface area contributed by atoms with Crippen molar-refractivity contribution in [3.8, 4) is 67.2 Å². The summed E-state index contributed by atoms with van der Waals surface area (Å²) in [6.07, 6.45) is 9.02. The van der Waals surface area contributed by atoms with Gasteiger partial charge in [-0.05, 0) is 94.5 Å². The number of rotatable bonds is 12. The number of fused-ring (bicyclic) bond motifs is 6. The molecule has 0 unspecified atom stereocenters. The van der Waals surface area contributed by atoms with Gasteiger partial charge in [0, 0.05) is 45.8 Å². The Morgan fingerprint density at radius 3 is 1.56 bits per heavy atom. The van der Waals surface area contributed by atoms with E-state index in [0.29, 0.717) is 0 Å². The molecule has 0 aliphatic carbocycles. The Labute approximate surface area is 437 Å². The summed E-state index contributed by atoms with van der Waals surface area (Å²) in [5.41, 5.74) is 20.3. The van der Waals surface area contributed by atoms with Crippen LogP contribution in [0.15, 0.2) is 228 Å². The summed E-state index contributed by atoms with van der Waals surface area (Å²) in [5, 5.41) is 4.27. The first-order chi connectivity index (χ1) is 35.6. The molecule has 0 saturated carbocycles. The van der Waals surface area contributed by atoms with Gasteiger partial charge in [-0.1, -0.05) is 139 Å². The Kier molecular flexibility index (Phi) is 12.4. The molecule has 0 saturated heterocycles. The average molecular weight is 1120 g/mol. The molecule has 0 spiro atoms. The van der Waals surface area contributed by atoms with Crippen molar-refractivity contribution in [2.75, 3.05) is 0 Å². The fraction of sp³-hybridized carbons (Fsp3) is 0.0597. The van der Waals surface area contributed by atoms with Crippen LogP contribution in [0.25, 0.3) is 111 Å². The molecule has 348 valence electrons. The zero-order valence-electron chi connectivity index (χ0n) is 39.6. The summed E-state index contributed by atoms with van der Waals surface area (Å²) >= 11 is 0. The second-order valence-corrected chi connectivity index (χ2v) is 18.4. The minimum atomic E-state index is 0. The molecule has 5 aromatic heterocycles. The maximum Gasteiger partial charge on any atom is 3.00 e. The molecule has 13 aromatic rings. The number of nitrogens with zero attached hydrogens (tertiary/aromatic N) is 3. The van der Waals surface area contributed by atoms with Gasteiger partial charge in [-0.25, -0.2) is 0 Å². The van der Waals surface area contributed by atoms with Gasteiger partial charge in [-0.2, -0.15) is 0 Å². The van der Waals surface area contributed by atoms with Crippen LogP contribution in [0.4, 0.5) is 0 Å². The Morgan fingerprint density at radius 1 is 0.342 bits per heavy atom. The number of para-hydroxylation sites is 2. The SMILES string of the molecule is [Ir+3].[c-]1cc(CCc2cc(CCc3c[c-]c(-c4ccccn4)cc3)cc(-c3ccccc3-c3c[c-]c(-c4nccc5c4oc4ccccc45)cc3-c3ccc4c(c3)oc3ccccc34)c2)ccc1-c1ccccn1. The van der Waals surface area contributed by atoms with E-state index in [9.17, 15) is 0 Å². The zero-order chi connectivity index (χ0) is 47.8. The zero-order valence-corrected chi connectivity index (χ0v) is 42.0. The minimum Gasteiger partial charge on any atom is -0.464 e. The number of pyridine rings is 3. The van der Waals surface area contributed by atoms with Crippen molar-refractivity contribution in [2.45, 2.75) is 25.7 Å². The van der Waals surface area contributed by atoms with Crippen molar-refractivity contribution in [1.29, 1.82) is 0 Å². The van der Waals surface area contributed by atoms with Crippen LogP contribution in [-0.4, -0.2) is 15.0 Å². The normalized spacial score (nSPS) is 11.4. The summed E-state index contributed by atoms with van der Waals surface area (Å²) in [4.78, 5) is 14.0. The quantitative estimate of drug-likeness (QED) is 0.114. The third-order valence-electron chi connectivity index (χ3n) is 13.8. The maximum absolute atomic E-state index is 6.53. The Bertz CT molecular complexity index is 3980. The first-order valence-corrected chi connectivity index (χ1v) is 24.5. The van der Waals surface area contributed by atoms with Gasteiger partial charge < -0.3 is 23.8 Å². The van der Waals surface area contributed by atoms with E-state index >= 15 is 0 Å². The maximum atomic E-state index is 6.53. The molecule has 0 atom stereocenters. The van der Waals surface area contributed by atoms with Gasteiger partial charge in [0.15, 0.2) is 0 Å². The van der Waals surface area contributed by atoms with Crippen LogP contribution in [0.2, 0.25) is 0 Å². The molecule has 0 fully saturated rings. The number of hydrogen-bond acceptors (Lipinski definition) is 5. The van der Waals surface area contributed by atoms with Crippen LogP contribution in [-0.2, 0) is 45.8 Å². The van der Waals surface area contributed by atoms with Crippen LogP contribution in [0.5, 0.6) is 0 Å². The molecule has 5 heterocycles. The van der Waals surface area contributed by atoms with E-state index in [1.165, 1.54) is 27.8 Å². The first kappa shape index (κ1) is 45.6. The summed E-state index contributed by atoms with van der Waals surface area (Å²) in [7, 11) is 0. The van der Waals surface area contributed by atoms with Crippen molar-refractivity contribution in [3.05, 3.63) is 259 Å². The van der Waals surface area contributed by atoms with Crippen molar-refractivity contribution < 1.29 is 28.9 Å². The van der Waals surface area contributed by atoms with Gasteiger partial charge in [-0.3, -0.25) is 0 Å². The molecule has 6 heteroatoms. The van der Waals surface area contributed by atoms with Crippen LogP contribution in [0.3, 0.4) is 0 Å². The van der Waals surface area contributed by atoms with Crippen LogP contribution in [0.1, 0.15) is 22.3 Å². The van der Waals surface area contributed by atoms with Crippen molar-refractivity contribution in [3.63, 3.8) is 0 Å². The van der Waals surface area contributed by atoms with Gasteiger partial charge in [-0.15, -0.1) is 94.5 Å². The van der Waals surface area contributed by atoms with E-state index < -0.39 is 0 Å². The molecule has 0 aliphatic heterocycles. The van der Waals surface area contributed by atoms with E-state index in [-0.39, 0.29) is 20.1 Å². The van der Waals surface area contributed by atoms with E-state index in [1.807, 2.05) is 91.4 Å². The fourth-order valence-electron chi connectivity index (χ4n) is 10.2. The third kappa shape index (κ3) is 9.08. The first-order valence-electron chi connectivity index (χ1n) is 24.5. The number of aryl methyl sites for hydroxylation is 4. The number of benzene rings is 8. The largest absolute Gasteiger partial charge is 3.00 e. The predicted molar refractivity (Wildman–Crippen MR) is 291 cm³/mol. The van der Waals surface area contributed by atoms with Crippen LogP contribution < -0.4 is 0 Å². The number of hydrogen-bond donors (Lipinski definition) is 0. The monoisotopic (exact) mass is 1120 g/mol. The van der Waals surface area contributed by atoms with E-state index in [2.05, 4.69) is 156 Å². The molecular weight excluding hydrogens is 1070 g/mol. The molecule has 73 heavy (non-hydrogen) atoms. The molecule has 13 rings (SSSR count). The van der Waals surface area contributed by atoms with Gasteiger partial charge in [0.25, 0.3) is 0 Å². The number of furan rings is 2. The van der Waals surface area contributed by atoms with Gasteiger partial charge in [0.1, 0.15) is 22.3 Å². The molecule has 0 aliphatic rings. The van der Waals surface area contributed by atoms with Crippen LogP contribution >= 0.6 is 0 Å². The standard InChI is InChI=1S/C67H44N3O2.Ir/c1-2-12-54(55-33-32-51(66-67-59(35-38-70-66)57-14-4-6-18-64(57)72-67)42-60(55)50-31-34-58-56-13-3-5-17-63(56)71-65(58)43-50)53(11-1)52-40-46(21-19-44-23-27-48(28-24-44)61-15-7-9-36-68-61)39-47(41-52)22-20-45-25-29-49(30-26-45)62-16-8-10-37-69-62;/h1-18,23-27,29,31,33-43H,19-22H2;/q-3;+3. The topological polar surface area (TPSA) is 65.0 Å². The molecule has 5 nitrogen and oxygen atoms in total. The second-order valence-electron chi connectivity index (χ2n) is 18.4. The summed E-state index contributed by atoms with van der Waals surface area (Å²) in [5.74, 6) is 0. The Hall–Kier alpha value is -8.54. The Morgan fingerprint density at radius 2 is 0.918 bits per heavy atom. The average Bonchev–Trinajstić information content (AvgIpc) is 4.03. The fourth-order valence-corrected chi connectivity index (χ4v) is 10.2. The minimum absolute atomic E-state index is 0. The molecule has 0 N–H and O–H groups in total. The molecule has 8 aromatic carbocycles. The van der Waals surface area contributed by atoms with Gasteiger partial charge in [0.2, 0.25) is 0 Å². The molecule has 0 amide bonds. The summed E-state index contributed by atoms with van der Waals surface area (Å²) < 4.78 is 13.0. The smallest absolute Gasteiger partial charge is 0.464 e. The van der Waals surface area contributed by atoms with Crippen molar-refractivity contribution in [2.24, 2.45) is 0 Å². The van der Waals surface area contributed by atoms with Crippen LogP contribution in [0, 0.1) is 18.2 Å². The predicted octanol–water partition coefficient (Wildman–Crippen LogP) is 16.6. The van der Waals surface area contributed by atoms with Crippen molar-refractivity contribution >= 4 is 43.9 Å². The van der Waals surface area contributed by atoms with Gasteiger partial charge in [0.05, 0.1) is 0 Å². The van der Waals surface area contributed by atoms with Crippen molar-refractivity contribution in [1.82, 2.24) is 15.0 Å². The second kappa shape index (κ2) is 19.9. The van der Waals surface area contributed by atoms with E-state index in [4.69, 9.17) is 13.8 Å². The summed E-state index contributed by atoms with van der Waals surface area (Å²) in [6, 6.07) is 80.8. The summed E-state index contributed by atoms with van der Waals surface area (Å²) in [6.45, 7) is 0. The van der Waals surface area contributed by atoms with E-state index in [1.54, 1.807) is 0 Å². The third-order valence-corrected chi connectivity index (χ3v) is 13.8. The Balaban J connectivity index is 0.00000543.